The molecule has 0 aromatic carbocycles. The van der Waals surface area contributed by atoms with Crippen molar-refractivity contribution in [2.24, 2.45) is 0 Å². The van der Waals surface area contributed by atoms with Gasteiger partial charge in [-0.05, 0) is 12.8 Å². The number of carbonyl (C=O) groups is 1. The molecule has 1 amide bonds. The summed E-state index contributed by atoms with van der Waals surface area (Å²) >= 11 is 0. The largest absolute Gasteiger partial charge is 0.496 e. The SMILES string of the molecule is COc1cc2nc(C3CCOCC3)cn2cc1C(=O)N[C@@H]1COC[C@H]1F. The van der Waals surface area contributed by atoms with E-state index in [-0.39, 0.29) is 19.1 Å². The molecule has 4 heterocycles. The van der Waals surface area contributed by atoms with Gasteiger partial charge in [0.05, 0.1) is 37.6 Å². The first-order chi connectivity index (χ1) is 12.7. The summed E-state index contributed by atoms with van der Waals surface area (Å²) in [5.41, 5.74) is 2.04. The molecule has 0 unspecified atom stereocenters. The molecule has 0 aliphatic carbocycles. The van der Waals surface area contributed by atoms with E-state index in [0.717, 1.165) is 31.7 Å². The molecular formula is C18H22FN3O4. The quantitative estimate of drug-likeness (QED) is 0.895. The van der Waals surface area contributed by atoms with Gasteiger partial charge in [0.15, 0.2) is 0 Å². The van der Waals surface area contributed by atoms with Crippen molar-refractivity contribution in [3.8, 4) is 5.75 Å². The van der Waals surface area contributed by atoms with E-state index in [1.54, 1.807) is 12.3 Å². The highest BCUT2D eigenvalue weighted by molar-refractivity contribution is 5.97. The molecule has 8 heteroatoms. The lowest BCUT2D eigenvalue weighted by Crippen LogP contribution is -2.41. The van der Waals surface area contributed by atoms with Crippen LogP contribution in [0.25, 0.3) is 5.65 Å². The van der Waals surface area contributed by atoms with E-state index < -0.39 is 12.2 Å². The molecule has 26 heavy (non-hydrogen) atoms. The minimum absolute atomic E-state index is 0.0110. The summed E-state index contributed by atoms with van der Waals surface area (Å²) < 4.78 is 31.4. The van der Waals surface area contributed by atoms with E-state index >= 15 is 0 Å². The molecule has 2 atom stereocenters. The Kier molecular flexibility index (Phi) is 4.78. The van der Waals surface area contributed by atoms with Crippen LogP contribution in [0.2, 0.25) is 0 Å². The molecule has 2 fully saturated rings. The van der Waals surface area contributed by atoms with E-state index in [2.05, 4.69) is 10.3 Å². The maximum atomic E-state index is 13.7. The van der Waals surface area contributed by atoms with Gasteiger partial charge in [-0.3, -0.25) is 4.79 Å². The number of ether oxygens (including phenoxy) is 3. The number of carbonyl (C=O) groups excluding carboxylic acids is 1. The Balaban J connectivity index is 1.62. The van der Waals surface area contributed by atoms with E-state index in [4.69, 9.17) is 14.2 Å². The van der Waals surface area contributed by atoms with Crippen LogP contribution in [0.5, 0.6) is 5.75 Å². The number of rotatable bonds is 4. The number of hydrogen-bond donors (Lipinski definition) is 1. The zero-order valence-corrected chi connectivity index (χ0v) is 14.6. The van der Waals surface area contributed by atoms with Gasteiger partial charge >= 0.3 is 0 Å². The summed E-state index contributed by atoms with van der Waals surface area (Å²) in [5, 5.41) is 2.69. The van der Waals surface area contributed by atoms with Crippen LogP contribution in [0.4, 0.5) is 4.39 Å². The molecular weight excluding hydrogens is 341 g/mol. The van der Waals surface area contributed by atoms with Gasteiger partial charge in [-0.25, -0.2) is 9.37 Å². The second-order valence-corrected chi connectivity index (χ2v) is 6.71. The first kappa shape index (κ1) is 17.2. The number of hydrogen-bond acceptors (Lipinski definition) is 5. The van der Waals surface area contributed by atoms with Crippen molar-refractivity contribution < 1.29 is 23.4 Å². The van der Waals surface area contributed by atoms with Gasteiger partial charge in [-0.2, -0.15) is 0 Å². The van der Waals surface area contributed by atoms with Crippen molar-refractivity contribution in [2.45, 2.75) is 31.0 Å². The summed E-state index contributed by atoms with van der Waals surface area (Å²) in [4.78, 5) is 17.3. The zero-order chi connectivity index (χ0) is 18.1. The van der Waals surface area contributed by atoms with Crippen molar-refractivity contribution in [1.29, 1.82) is 0 Å². The number of nitrogens with one attached hydrogen (secondary N) is 1. The molecule has 7 nitrogen and oxygen atoms in total. The topological polar surface area (TPSA) is 74.1 Å². The Hall–Kier alpha value is -2.19. The summed E-state index contributed by atoms with van der Waals surface area (Å²) in [6, 6.07) is 1.10. The molecule has 2 aliphatic heterocycles. The Labute approximate surface area is 150 Å². The summed E-state index contributed by atoms with van der Waals surface area (Å²) in [7, 11) is 1.50. The average Bonchev–Trinajstić information content (AvgIpc) is 3.27. The minimum atomic E-state index is -1.19. The first-order valence-electron chi connectivity index (χ1n) is 8.83. The number of amides is 1. The van der Waals surface area contributed by atoms with Crippen LogP contribution in [0.3, 0.4) is 0 Å². The van der Waals surface area contributed by atoms with E-state index in [1.165, 1.54) is 7.11 Å². The van der Waals surface area contributed by atoms with Crippen LogP contribution in [-0.4, -0.2) is 61.0 Å². The normalized spacial score (nSPS) is 24.1. The third kappa shape index (κ3) is 3.26. The van der Waals surface area contributed by atoms with Crippen molar-refractivity contribution in [3.05, 3.63) is 29.7 Å². The van der Waals surface area contributed by atoms with Gasteiger partial charge in [0.2, 0.25) is 0 Å². The smallest absolute Gasteiger partial charge is 0.256 e. The van der Waals surface area contributed by atoms with E-state index in [1.807, 2.05) is 10.6 Å². The van der Waals surface area contributed by atoms with Gasteiger partial charge in [0.1, 0.15) is 17.6 Å². The average molecular weight is 363 g/mol. The van der Waals surface area contributed by atoms with Crippen LogP contribution in [-0.2, 0) is 9.47 Å². The Morgan fingerprint density at radius 1 is 1.31 bits per heavy atom. The Morgan fingerprint density at radius 2 is 2.12 bits per heavy atom. The van der Waals surface area contributed by atoms with Crippen molar-refractivity contribution in [1.82, 2.24) is 14.7 Å². The molecule has 2 aromatic heterocycles. The number of halogens is 1. The lowest BCUT2D eigenvalue weighted by atomic mass is 9.97. The van der Waals surface area contributed by atoms with Crippen molar-refractivity contribution in [2.75, 3.05) is 33.5 Å². The molecule has 1 N–H and O–H groups in total. The van der Waals surface area contributed by atoms with Crippen LogP contribution in [0.1, 0.15) is 34.8 Å². The molecule has 0 spiro atoms. The number of fused-ring (bicyclic) bond motifs is 1. The predicted octanol–water partition coefficient (Wildman–Crippen LogP) is 1.70. The van der Waals surface area contributed by atoms with E-state index in [9.17, 15) is 9.18 Å². The summed E-state index contributed by atoms with van der Waals surface area (Å²) in [5.74, 6) is 0.381. The maximum Gasteiger partial charge on any atom is 0.256 e. The lowest BCUT2D eigenvalue weighted by Gasteiger charge is -2.19. The van der Waals surface area contributed by atoms with Crippen molar-refractivity contribution in [3.63, 3.8) is 0 Å². The van der Waals surface area contributed by atoms with Crippen LogP contribution >= 0.6 is 0 Å². The first-order valence-corrected chi connectivity index (χ1v) is 8.83. The zero-order valence-electron chi connectivity index (χ0n) is 14.6. The third-order valence-corrected chi connectivity index (χ3v) is 5.01. The van der Waals surface area contributed by atoms with E-state index in [0.29, 0.717) is 22.9 Å². The summed E-state index contributed by atoms with van der Waals surface area (Å²) in [6.45, 7) is 1.67. The second kappa shape index (κ2) is 7.20. The number of nitrogens with zero attached hydrogens (tertiary/aromatic N) is 2. The third-order valence-electron chi connectivity index (χ3n) is 5.01. The van der Waals surface area contributed by atoms with Crippen LogP contribution < -0.4 is 10.1 Å². The van der Waals surface area contributed by atoms with Crippen LogP contribution in [0, 0.1) is 0 Å². The van der Waals surface area contributed by atoms with Gasteiger partial charge in [0.25, 0.3) is 5.91 Å². The van der Waals surface area contributed by atoms with Crippen LogP contribution in [0.15, 0.2) is 18.5 Å². The molecule has 2 aliphatic rings. The van der Waals surface area contributed by atoms with Crippen molar-refractivity contribution >= 4 is 11.6 Å². The summed E-state index contributed by atoms with van der Waals surface area (Å²) in [6.07, 6.45) is 4.31. The molecule has 140 valence electrons. The minimum Gasteiger partial charge on any atom is -0.496 e. The standard InChI is InChI=1S/C18H22FN3O4/c1-24-16-6-17-20-14(11-2-4-25-5-3-11)8-22(17)7-12(16)18(23)21-15-10-26-9-13(15)19/h6-8,11,13,15H,2-5,9-10H2,1H3,(H,21,23)/t13-,15-/m1/s1. The lowest BCUT2D eigenvalue weighted by molar-refractivity contribution is 0.0846. The molecule has 0 radical (unpaired) electrons. The Morgan fingerprint density at radius 3 is 2.81 bits per heavy atom. The number of imidazole rings is 1. The fraction of sp³-hybridized carbons (Fsp3) is 0.556. The van der Waals surface area contributed by atoms with Gasteiger partial charge in [-0.15, -0.1) is 0 Å². The predicted molar refractivity (Wildman–Crippen MR) is 91.5 cm³/mol. The molecule has 4 rings (SSSR count). The highest BCUT2D eigenvalue weighted by atomic mass is 19.1. The monoisotopic (exact) mass is 363 g/mol. The van der Waals surface area contributed by atoms with Gasteiger partial charge in [-0.1, -0.05) is 0 Å². The maximum absolute atomic E-state index is 13.7. The second-order valence-electron chi connectivity index (χ2n) is 6.71. The number of pyridine rings is 1. The van der Waals surface area contributed by atoms with Gasteiger partial charge < -0.3 is 23.9 Å². The number of methoxy groups -OCH3 is 1. The fourth-order valence-electron chi connectivity index (χ4n) is 3.47. The molecule has 2 saturated heterocycles. The molecule has 0 bridgehead atoms. The van der Waals surface area contributed by atoms with Gasteiger partial charge in [0, 0.05) is 37.6 Å². The fourth-order valence-corrected chi connectivity index (χ4v) is 3.47. The number of alkyl halides is 1. The molecule has 2 aromatic rings. The Bertz CT molecular complexity index is 803. The molecule has 0 saturated carbocycles. The highest BCUT2D eigenvalue weighted by Gasteiger charge is 2.30. The number of aromatic nitrogens is 2. The highest BCUT2D eigenvalue weighted by Crippen LogP contribution is 2.28.